The summed E-state index contributed by atoms with van der Waals surface area (Å²) in [4.78, 5) is 13.9. The van der Waals surface area contributed by atoms with Crippen molar-refractivity contribution in [2.75, 3.05) is 25.5 Å². The topological polar surface area (TPSA) is 72.3 Å². The predicted octanol–water partition coefficient (Wildman–Crippen LogP) is 3.07. The van der Waals surface area contributed by atoms with Crippen molar-refractivity contribution < 1.29 is 9.53 Å². The first kappa shape index (κ1) is 17.7. The van der Waals surface area contributed by atoms with Crippen LogP contribution >= 0.6 is 0 Å². The zero-order valence-electron chi connectivity index (χ0n) is 15.3. The minimum absolute atomic E-state index is 0.195. The molecule has 0 unspecified atom stereocenters. The van der Waals surface area contributed by atoms with Crippen LogP contribution in [0.25, 0.3) is 11.0 Å². The number of aromatic nitrogens is 3. The van der Waals surface area contributed by atoms with Crippen LogP contribution in [0.2, 0.25) is 0 Å². The number of anilines is 1. The van der Waals surface area contributed by atoms with Gasteiger partial charge in [-0.25, -0.2) is 9.48 Å². The average Bonchev–Trinajstić information content (AvgIpc) is 3.02. The molecular weight excluding hydrogens is 330 g/mol. The number of carbonyl (C=O) groups excluding carboxylic acids is 1. The molecule has 1 heterocycles. The molecule has 1 aromatic heterocycles. The van der Waals surface area contributed by atoms with E-state index in [0.29, 0.717) is 18.8 Å². The molecule has 3 aromatic rings. The van der Waals surface area contributed by atoms with Crippen LogP contribution in [-0.4, -0.2) is 46.1 Å². The van der Waals surface area contributed by atoms with Gasteiger partial charge in [0.2, 0.25) is 0 Å². The number of hydrogen-bond donors (Lipinski definition) is 1. The highest BCUT2D eigenvalue weighted by Gasteiger charge is 2.10. The van der Waals surface area contributed by atoms with Crippen LogP contribution in [0.15, 0.2) is 42.5 Å². The van der Waals surface area contributed by atoms with Gasteiger partial charge in [0, 0.05) is 19.8 Å². The molecule has 3 rings (SSSR count). The molecule has 0 bridgehead atoms. The largest absolute Gasteiger partial charge is 0.492 e. The number of urea groups is 1. The van der Waals surface area contributed by atoms with Gasteiger partial charge in [-0.15, -0.1) is 5.10 Å². The first-order chi connectivity index (χ1) is 12.6. The van der Waals surface area contributed by atoms with Crippen molar-refractivity contribution in [2.45, 2.75) is 13.3 Å². The van der Waals surface area contributed by atoms with E-state index in [4.69, 9.17) is 4.74 Å². The van der Waals surface area contributed by atoms with Crippen molar-refractivity contribution >= 4 is 22.8 Å². The van der Waals surface area contributed by atoms with Crippen LogP contribution in [0.4, 0.5) is 10.5 Å². The molecule has 0 saturated heterocycles. The molecule has 0 aliphatic carbocycles. The lowest BCUT2D eigenvalue weighted by Gasteiger charge is -2.18. The molecular formula is C19H23N5O2. The first-order valence-electron chi connectivity index (χ1n) is 8.60. The molecule has 0 aliphatic rings. The van der Waals surface area contributed by atoms with Gasteiger partial charge in [-0.05, 0) is 42.3 Å². The third kappa shape index (κ3) is 4.11. The second-order valence-electron chi connectivity index (χ2n) is 6.12. The van der Waals surface area contributed by atoms with Crippen molar-refractivity contribution in [1.29, 1.82) is 0 Å². The first-order valence-corrected chi connectivity index (χ1v) is 8.60. The van der Waals surface area contributed by atoms with Crippen molar-refractivity contribution in [3.8, 4) is 5.75 Å². The second-order valence-corrected chi connectivity index (χ2v) is 6.12. The summed E-state index contributed by atoms with van der Waals surface area (Å²) in [6, 6.07) is 13.3. The minimum atomic E-state index is -0.195. The van der Waals surface area contributed by atoms with Gasteiger partial charge in [0.1, 0.15) is 17.9 Å². The van der Waals surface area contributed by atoms with Crippen LogP contribution in [0.1, 0.15) is 12.5 Å². The standard InChI is InChI=1S/C19H23N5O2/c1-4-14-6-5-7-16(12-14)26-11-10-23(2)19(25)20-15-8-9-18-17(13-15)21-22-24(18)3/h5-9,12-13H,4,10-11H2,1-3H3,(H,20,25). The lowest BCUT2D eigenvalue weighted by Crippen LogP contribution is -2.34. The zero-order chi connectivity index (χ0) is 18.5. The molecule has 136 valence electrons. The van der Waals surface area contributed by atoms with Crippen molar-refractivity contribution in [1.82, 2.24) is 19.9 Å². The highest BCUT2D eigenvalue weighted by Crippen LogP contribution is 2.17. The Morgan fingerprint density at radius 3 is 2.92 bits per heavy atom. The van der Waals surface area contributed by atoms with E-state index in [0.717, 1.165) is 23.2 Å². The van der Waals surface area contributed by atoms with Crippen LogP contribution in [0.3, 0.4) is 0 Å². The second kappa shape index (κ2) is 7.86. The molecule has 7 nitrogen and oxygen atoms in total. The summed E-state index contributed by atoms with van der Waals surface area (Å²) in [7, 11) is 3.57. The number of hydrogen-bond acceptors (Lipinski definition) is 4. The Hall–Kier alpha value is -3.09. The van der Waals surface area contributed by atoms with Gasteiger partial charge in [-0.1, -0.05) is 24.3 Å². The number of amides is 2. The van der Waals surface area contributed by atoms with Gasteiger partial charge < -0.3 is 15.0 Å². The fourth-order valence-corrected chi connectivity index (χ4v) is 2.59. The van der Waals surface area contributed by atoms with Crippen LogP contribution in [0, 0.1) is 0 Å². The molecule has 0 aliphatic heterocycles. The van der Waals surface area contributed by atoms with E-state index in [1.165, 1.54) is 5.56 Å². The van der Waals surface area contributed by atoms with Crippen molar-refractivity contribution in [3.05, 3.63) is 48.0 Å². The van der Waals surface area contributed by atoms with E-state index in [-0.39, 0.29) is 6.03 Å². The maximum absolute atomic E-state index is 12.3. The molecule has 0 radical (unpaired) electrons. The van der Waals surface area contributed by atoms with Crippen molar-refractivity contribution in [3.63, 3.8) is 0 Å². The Kier molecular flexibility index (Phi) is 5.36. The lowest BCUT2D eigenvalue weighted by atomic mass is 10.2. The van der Waals surface area contributed by atoms with E-state index >= 15 is 0 Å². The highest BCUT2D eigenvalue weighted by molar-refractivity contribution is 5.91. The molecule has 26 heavy (non-hydrogen) atoms. The number of carbonyl (C=O) groups is 1. The predicted molar refractivity (Wildman–Crippen MR) is 101 cm³/mol. The molecule has 7 heteroatoms. The van der Waals surface area contributed by atoms with Crippen LogP contribution in [-0.2, 0) is 13.5 Å². The smallest absolute Gasteiger partial charge is 0.321 e. The SMILES string of the molecule is CCc1cccc(OCCN(C)C(=O)Nc2ccc3c(c2)nnn3C)c1. The third-order valence-electron chi connectivity index (χ3n) is 4.21. The summed E-state index contributed by atoms with van der Waals surface area (Å²) in [6.07, 6.45) is 0.968. The molecule has 0 fully saturated rings. The summed E-state index contributed by atoms with van der Waals surface area (Å²) in [6.45, 7) is 3.02. The maximum Gasteiger partial charge on any atom is 0.321 e. The Morgan fingerprint density at radius 2 is 2.12 bits per heavy atom. The number of aryl methyl sites for hydroxylation is 2. The number of nitrogens with one attached hydrogen (secondary N) is 1. The van der Waals surface area contributed by atoms with Crippen LogP contribution < -0.4 is 10.1 Å². The summed E-state index contributed by atoms with van der Waals surface area (Å²) < 4.78 is 7.43. The van der Waals surface area contributed by atoms with E-state index in [2.05, 4.69) is 28.6 Å². The Morgan fingerprint density at radius 1 is 1.27 bits per heavy atom. The summed E-state index contributed by atoms with van der Waals surface area (Å²) in [5.74, 6) is 0.825. The highest BCUT2D eigenvalue weighted by atomic mass is 16.5. The molecule has 2 amide bonds. The fourth-order valence-electron chi connectivity index (χ4n) is 2.59. The Bertz CT molecular complexity index is 906. The quantitative estimate of drug-likeness (QED) is 0.739. The van der Waals surface area contributed by atoms with Crippen molar-refractivity contribution in [2.24, 2.45) is 7.05 Å². The maximum atomic E-state index is 12.3. The normalized spacial score (nSPS) is 10.7. The van der Waals surface area contributed by atoms with E-state index in [1.807, 2.05) is 37.4 Å². The summed E-state index contributed by atoms with van der Waals surface area (Å²) in [5, 5.41) is 10.9. The van der Waals surface area contributed by atoms with Crippen LogP contribution in [0.5, 0.6) is 5.75 Å². The Labute approximate surface area is 152 Å². The molecule has 0 spiro atoms. The van der Waals surface area contributed by atoms with Gasteiger partial charge in [-0.3, -0.25) is 0 Å². The minimum Gasteiger partial charge on any atom is -0.492 e. The number of fused-ring (bicyclic) bond motifs is 1. The number of rotatable bonds is 6. The van der Waals surface area contributed by atoms with Gasteiger partial charge in [-0.2, -0.15) is 0 Å². The number of ether oxygens (including phenoxy) is 1. The molecule has 1 N–H and O–H groups in total. The molecule has 0 saturated carbocycles. The third-order valence-corrected chi connectivity index (χ3v) is 4.21. The average molecular weight is 353 g/mol. The summed E-state index contributed by atoms with van der Waals surface area (Å²) in [5.41, 5.74) is 3.57. The van der Waals surface area contributed by atoms with E-state index < -0.39 is 0 Å². The fraction of sp³-hybridized carbons (Fsp3) is 0.316. The molecule has 0 atom stereocenters. The summed E-state index contributed by atoms with van der Waals surface area (Å²) >= 11 is 0. The Balaban J connectivity index is 1.52. The number of benzene rings is 2. The van der Waals surface area contributed by atoms with E-state index in [1.54, 1.807) is 22.7 Å². The van der Waals surface area contributed by atoms with Gasteiger partial charge in [0.05, 0.1) is 12.1 Å². The number of nitrogens with zero attached hydrogens (tertiary/aromatic N) is 4. The lowest BCUT2D eigenvalue weighted by molar-refractivity contribution is 0.207. The van der Waals surface area contributed by atoms with E-state index in [9.17, 15) is 4.79 Å². The number of likely N-dealkylation sites (N-methyl/N-ethyl adjacent to an activating group) is 1. The van der Waals surface area contributed by atoms with Gasteiger partial charge >= 0.3 is 6.03 Å². The molecule has 2 aromatic carbocycles. The van der Waals surface area contributed by atoms with Gasteiger partial charge in [0.25, 0.3) is 0 Å². The van der Waals surface area contributed by atoms with Gasteiger partial charge in [0.15, 0.2) is 0 Å². The monoisotopic (exact) mass is 353 g/mol. The zero-order valence-corrected chi connectivity index (χ0v) is 15.3.